The van der Waals surface area contributed by atoms with Gasteiger partial charge in [-0.25, -0.2) is 4.79 Å². The summed E-state index contributed by atoms with van der Waals surface area (Å²) in [5.41, 5.74) is 3.43. The molecule has 37 heavy (non-hydrogen) atoms. The number of benzene rings is 3. The maximum atomic E-state index is 12.7. The van der Waals surface area contributed by atoms with E-state index in [2.05, 4.69) is 16.0 Å². The molecule has 194 valence electrons. The molecule has 0 aliphatic heterocycles. The predicted molar refractivity (Wildman–Crippen MR) is 144 cm³/mol. The second-order valence-electron chi connectivity index (χ2n) is 8.59. The number of para-hydroxylation sites is 1. The average Bonchev–Trinajstić information content (AvgIpc) is 2.85. The van der Waals surface area contributed by atoms with Gasteiger partial charge in [0.1, 0.15) is 5.75 Å². The van der Waals surface area contributed by atoms with Crippen molar-refractivity contribution in [1.82, 2.24) is 5.32 Å². The van der Waals surface area contributed by atoms with Crippen molar-refractivity contribution in [1.29, 1.82) is 0 Å². The minimum atomic E-state index is -0.980. The highest BCUT2D eigenvalue weighted by molar-refractivity contribution is 6.01. The van der Waals surface area contributed by atoms with Crippen molar-refractivity contribution in [3.05, 3.63) is 83.9 Å². The number of carbonyl (C=O) groups is 3. The number of carboxylic acid groups (broad SMARTS) is 1. The molecule has 0 saturated carbocycles. The lowest BCUT2D eigenvalue weighted by Crippen LogP contribution is -2.48. The Hall–Kier alpha value is -4.53. The Morgan fingerprint density at radius 3 is 2.22 bits per heavy atom. The van der Waals surface area contributed by atoms with Crippen LogP contribution in [0.15, 0.2) is 72.8 Å². The van der Waals surface area contributed by atoms with Crippen LogP contribution in [0.1, 0.15) is 37.4 Å². The van der Waals surface area contributed by atoms with Crippen LogP contribution in [-0.2, 0) is 9.59 Å². The quantitative estimate of drug-likeness (QED) is 0.283. The van der Waals surface area contributed by atoms with Crippen LogP contribution in [0.4, 0.5) is 21.9 Å². The normalized spacial score (nSPS) is 12.1. The predicted octanol–water partition coefficient (Wildman–Crippen LogP) is 5.15. The highest BCUT2D eigenvalue weighted by Gasteiger charge is 2.29. The standard InChI is InChI=1S/C28H32N4O5/c1-18-10-8-9-13-23(18)30-28(36)31-24-15-14-22(16-26(24)37-4)32(19(2)29-20(3)33)25(17-27(34)35)21-11-6-5-7-12-21/h5-16,19,25H,17H2,1-4H3,(H,29,33)(H,34,35)(H2,30,31,36). The number of hydrogen-bond donors (Lipinski definition) is 4. The molecule has 0 radical (unpaired) electrons. The number of rotatable bonds is 10. The van der Waals surface area contributed by atoms with E-state index >= 15 is 0 Å². The summed E-state index contributed by atoms with van der Waals surface area (Å²) in [5, 5.41) is 18.2. The van der Waals surface area contributed by atoms with Gasteiger partial charge in [-0.05, 0) is 43.2 Å². The molecule has 0 fully saturated rings. The molecule has 3 aromatic rings. The van der Waals surface area contributed by atoms with Crippen molar-refractivity contribution in [3.8, 4) is 5.75 Å². The SMILES string of the molecule is COc1cc(N(C(C)NC(C)=O)C(CC(=O)O)c2ccccc2)ccc1NC(=O)Nc1ccccc1C. The number of amides is 3. The third-order valence-corrected chi connectivity index (χ3v) is 5.84. The van der Waals surface area contributed by atoms with Gasteiger partial charge in [0.25, 0.3) is 0 Å². The van der Waals surface area contributed by atoms with Gasteiger partial charge < -0.3 is 30.7 Å². The van der Waals surface area contributed by atoms with Gasteiger partial charge in [-0.3, -0.25) is 9.59 Å². The zero-order valence-electron chi connectivity index (χ0n) is 21.3. The number of carboxylic acids is 1. The first kappa shape index (κ1) is 27.1. The summed E-state index contributed by atoms with van der Waals surface area (Å²) in [6.45, 7) is 5.09. The molecule has 0 aliphatic carbocycles. The van der Waals surface area contributed by atoms with Crippen LogP contribution in [0.3, 0.4) is 0 Å². The number of carbonyl (C=O) groups excluding carboxylic acids is 2. The first-order chi connectivity index (χ1) is 17.7. The molecule has 3 amide bonds. The fourth-order valence-corrected chi connectivity index (χ4v) is 4.19. The molecular weight excluding hydrogens is 472 g/mol. The number of methoxy groups -OCH3 is 1. The van der Waals surface area contributed by atoms with E-state index in [4.69, 9.17) is 4.74 Å². The number of nitrogens with one attached hydrogen (secondary N) is 3. The molecule has 3 rings (SSSR count). The van der Waals surface area contributed by atoms with Crippen molar-refractivity contribution in [3.63, 3.8) is 0 Å². The lowest BCUT2D eigenvalue weighted by Gasteiger charge is -2.38. The molecule has 0 spiro atoms. The van der Waals surface area contributed by atoms with E-state index in [0.29, 0.717) is 22.8 Å². The Kier molecular flexibility index (Phi) is 9.10. The Morgan fingerprint density at radius 2 is 1.59 bits per heavy atom. The molecule has 4 N–H and O–H groups in total. The van der Waals surface area contributed by atoms with Gasteiger partial charge in [-0.15, -0.1) is 0 Å². The van der Waals surface area contributed by atoms with Crippen molar-refractivity contribution in [2.45, 2.75) is 39.4 Å². The molecule has 2 atom stereocenters. The highest BCUT2D eigenvalue weighted by Crippen LogP contribution is 2.36. The molecule has 0 aliphatic rings. The first-order valence-electron chi connectivity index (χ1n) is 11.8. The monoisotopic (exact) mass is 504 g/mol. The summed E-state index contributed by atoms with van der Waals surface area (Å²) in [6, 6.07) is 20.8. The number of hydrogen-bond acceptors (Lipinski definition) is 5. The number of anilines is 3. The Labute approximate surface area is 216 Å². The van der Waals surface area contributed by atoms with Crippen LogP contribution >= 0.6 is 0 Å². The van der Waals surface area contributed by atoms with Crippen molar-refractivity contribution >= 4 is 35.0 Å². The largest absolute Gasteiger partial charge is 0.494 e. The zero-order chi connectivity index (χ0) is 26.9. The second-order valence-corrected chi connectivity index (χ2v) is 8.59. The van der Waals surface area contributed by atoms with Crippen LogP contribution < -0.4 is 25.6 Å². The van der Waals surface area contributed by atoms with Crippen LogP contribution in [-0.4, -0.2) is 36.3 Å². The Balaban J connectivity index is 1.97. The zero-order valence-corrected chi connectivity index (χ0v) is 21.3. The van der Waals surface area contributed by atoms with Crippen molar-refractivity contribution in [2.24, 2.45) is 0 Å². The summed E-state index contributed by atoms with van der Waals surface area (Å²) < 4.78 is 5.57. The van der Waals surface area contributed by atoms with Crippen LogP contribution in [0, 0.1) is 6.92 Å². The summed E-state index contributed by atoms with van der Waals surface area (Å²) >= 11 is 0. The minimum absolute atomic E-state index is 0.199. The molecule has 9 heteroatoms. The average molecular weight is 505 g/mol. The van der Waals surface area contributed by atoms with Crippen LogP contribution in [0.25, 0.3) is 0 Å². The van der Waals surface area contributed by atoms with Crippen LogP contribution in [0.2, 0.25) is 0 Å². The molecule has 0 bridgehead atoms. The van der Waals surface area contributed by atoms with Crippen molar-refractivity contribution < 1.29 is 24.2 Å². The summed E-state index contributed by atoms with van der Waals surface area (Å²) in [5.74, 6) is -0.857. The number of urea groups is 1. The second kappa shape index (κ2) is 12.4. The third kappa shape index (κ3) is 7.23. The number of aliphatic carboxylic acids is 1. The Bertz CT molecular complexity index is 1250. The van der Waals surface area contributed by atoms with Gasteiger partial charge in [0, 0.05) is 24.4 Å². The maximum Gasteiger partial charge on any atom is 0.323 e. The fourth-order valence-electron chi connectivity index (χ4n) is 4.19. The molecular formula is C28H32N4O5. The summed E-state index contributed by atoms with van der Waals surface area (Å²) in [4.78, 5) is 38.2. The third-order valence-electron chi connectivity index (χ3n) is 5.84. The number of ether oxygens (including phenoxy) is 1. The smallest absolute Gasteiger partial charge is 0.323 e. The Morgan fingerprint density at radius 1 is 0.946 bits per heavy atom. The van der Waals surface area contributed by atoms with E-state index in [9.17, 15) is 19.5 Å². The summed E-state index contributed by atoms with van der Waals surface area (Å²) in [7, 11) is 1.48. The van der Waals surface area contributed by atoms with E-state index in [0.717, 1.165) is 11.1 Å². The lowest BCUT2D eigenvalue weighted by atomic mass is 10.00. The highest BCUT2D eigenvalue weighted by atomic mass is 16.5. The first-order valence-corrected chi connectivity index (χ1v) is 11.8. The lowest BCUT2D eigenvalue weighted by molar-refractivity contribution is -0.137. The van der Waals surface area contributed by atoms with Gasteiger partial charge in [-0.1, -0.05) is 48.5 Å². The molecule has 0 saturated heterocycles. The van der Waals surface area contributed by atoms with Crippen molar-refractivity contribution in [2.75, 3.05) is 22.6 Å². The van der Waals surface area contributed by atoms with E-state index in [1.54, 1.807) is 25.1 Å². The molecule has 0 heterocycles. The van der Waals surface area contributed by atoms with Gasteiger partial charge in [0.15, 0.2) is 0 Å². The molecule has 3 aromatic carbocycles. The van der Waals surface area contributed by atoms with Gasteiger partial charge in [0.2, 0.25) is 5.91 Å². The molecule has 0 aromatic heterocycles. The molecule has 2 unspecified atom stereocenters. The summed E-state index contributed by atoms with van der Waals surface area (Å²) in [6.07, 6.45) is -0.746. The van der Waals surface area contributed by atoms with Gasteiger partial charge in [-0.2, -0.15) is 0 Å². The van der Waals surface area contributed by atoms with E-state index in [1.165, 1.54) is 14.0 Å². The topological polar surface area (TPSA) is 120 Å². The number of nitrogens with zero attached hydrogens (tertiary/aromatic N) is 1. The van der Waals surface area contributed by atoms with E-state index in [-0.39, 0.29) is 12.3 Å². The van der Waals surface area contributed by atoms with Gasteiger partial charge in [0.05, 0.1) is 31.4 Å². The van der Waals surface area contributed by atoms with Crippen LogP contribution in [0.5, 0.6) is 5.75 Å². The molecule has 9 nitrogen and oxygen atoms in total. The maximum absolute atomic E-state index is 12.7. The fraction of sp³-hybridized carbons (Fsp3) is 0.250. The van der Waals surface area contributed by atoms with E-state index < -0.39 is 24.2 Å². The van der Waals surface area contributed by atoms with Gasteiger partial charge >= 0.3 is 12.0 Å². The van der Waals surface area contributed by atoms with E-state index in [1.807, 2.05) is 66.4 Å². The number of aryl methyl sites for hydroxylation is 1. The minimum Gasteiger partial charge on any atom is -0.494 e.